The summed E-state index contributed by atoms with van der Waals surface area (Å²) in [6.07, 6.45) is 5.95. The van der Waals surface area contributed by atoms with Crippen molar-refractivity contribution in [1.29, 1.82) is 0 Å². The van der Waals surface area contributed by atoms with Crippen LogP contribution < -0.4 is 11.1 Å². The van der Waals surface area contributed by atoms with Crippen molar-refractivity contribution in [3.63, 3.8) is 0 Å². The maximum atomic E-state index is 13.0. The Hall–Kier alpha value is -0.850. The Kier molecular flexibility index (Phi) is 9.44. The third-order valence-electron chi connectivity index (χ3n) is 6.30. The number of hydrogen-bond acceptors (Lipinski definition) is 4. The fourth-order valence-corrected chi connectivity index (χ4v) is 4.58. The number of morpholine rings is 1. The van der Waals surface area contributed by atoms with Crippen LogP contribution in [0.5, 0.6) is 0 Å². The number of ether oxygens (including phenoxy) is 1. The normalized spacial score (nSPS) is 23.0. The fourth-order valence-electron chi connectivity index (χ4n) is 4.58. The molecule has 1 saturated heterocycles. The Bertz CT molecular complexity index is 647. The number of halogens is 2. The van der Waals surface area contributed by atoms with Crippen molar-refractivity contribution >= 4 is 30.7 Å². The quantitative estimate of drug-likeness (QED) is 0.725. The molecule has 1 aromatic rings. The molecule has 2 aliphatic rings. The maximum Gasteiger partial charge on any atom is 0.244 e. The van der Waals surface area contributed by atoms with Gasteiger partial charge in [-0.3, -0.25) is 9.69 Å². The first kappa shape index (κ1) is 26.2. The molecule has 1 saturated carbocycles. The van der Waals surface area contributed by atoms with Gasteiger partial charge >= 0.3 is 0 Å². The SMILES string of the molecule is CC1(C)CN(C2(CNC(=O)C(C)(N)c3ccccc3)CCCCC2)CCO1.Cl.Cl. The summed E-state index contributed by atoms with van der Waals surface area (Å²) in [6, 6.07) is 9.62. The minimum absolute atomic E-state index is 0. The van der Waals surface area contributed by atoms with Crippen molar-refractivity contribution in [2.24, 2.45) is 5.73 Å². The molecule has 0 bridgehead atoms. The predicted molar refractivity (Wildman–Crippen MR) is 123 cm³/mol. The second-order valence-electron chi connectivity index (χ2n) is 9.07. The molecule has 2 fully saturated rings. The molecule has 1 unspecified atom stereocenters. The van der Waals surface area contributed by atoms with E-state index in [-0.39, 0.29) is 41.9 Å². The highest BCUT2D eigenvalue weighted by atomic mass is 35.5. The standard InChI is InChI=1S/C22H35N3O2.2ClH/c1-20(2)17-25(14-15-27-20)22(12-8-5-9-13-22)16-24-19(26)21(3,23)18-10-6-4-7-11-18;;/h4,6-7,10-11H,5,8-9,12-17,23H2,1-3H3,(H,24,26);2*1H. The molecule has 166 valence electrons. The van der Waals surface area contributed by atoms with Gasteiger partial charge in [0.05, 0.1) is 12.2 Å². The van der Waals surface area contributed by atoms with E-state index in [0.717, 1.165) is 38.1 Å². The molecule has 0 radical (unpaired) electrons. The molecule has 3 rings (SSSR count). The highest BCUT2D eigenvalue weighted by Gasteiger charge is 2.43. The Morgan fingerprint density at radius 3 is 2.38 bits per heavy atom. The lowest BCUT2D eigenvalue weighted by Gasteiger charge is -2.51. The average molecular weight is 446 g/mol. The highest BCUT2D eigenvalue weighted by Crippen LogP contribution is 2.36. The summed E-state index contributed by atoms with van der Waals surface area (Å²) < 4.78 is 5.92. The van der Waals surface area contributed by atoms with Crippen LogP contribution >= 0.6 is 24.8 Å². The van der Waals surface area contributed by atoms with Gasteiger partial charge in [-0.15, -0.1) is 24.8 Å². The molecule has 1 aromatic carbocycles. The lowest BCUT2D eigenvalue weighted by atomic mass is 9.78. The predicted octanol–water partition coefficient (Wildman–Crippen LogP) is 3.63. The number of carbonyl (C=O) groups excluding carboxylic acids is 1. The first-order chi connectivity index (χ1) is 12.8. The molecule has 3 N–H and O–H groups in total. The number of nitrogens with one attached hydrogen (secondary N) is 1. The van der Waals surface area contributed by atoms with Crippen LogP contribution in [0.3, 0.4) is 0 Å². The number of rotatable bonds is 5. The van der Waals surface area contributed by atoms with Crippen LogP contribution in [0.4, 0.5) is 0 Å². The van der Waals surface area contributed by atoms with E-state index in [1.165, 1.54) is 19.3 Å². The van der Waals surface area contributed by atoms with Crippen LogP contribution in [0.15, 0.2) is 30.3 Å². The Morgan fingerprint density at radius 1 is 1.17 bits per heavy atom. The van der Waals surface area contributed by atoms with E-state index >= 15 is 0 Å². The molecule has 5 nitrogen and oxygen atoms in total. The van der Waals surface area contributed by atoms with Crippen LogP contribution in [0.2, 0.25) is 0 Å². The van der Waals surface area contributed by atoms with Crippen LogP contribution in [-0.4, -0.2) is 48.2 Å². The maximum absolute atomic E-state index is 13.0. The first-order valence-corrected chi connectivity index (χ1v) is 10.3. The van der Waals surface area contributed by atoms with Gasteiger partial charge in [0, 0.05) is 25.2 Å². The second-order valence-corrected chi connectivity index (χ2v) is 9.07. The number of hydrogen-bond donors (Lipinski definition) is 2. The van der Waals surface area contributed by atoms with Crippen molar-refractivity contribution in [3.05, 3.63) is 35.9 Å². The molecule has 1 atom stereocenters. The minimum Gasteiger partial charge on any atom is -0.373 e. The smallest absolute Gasteiger partial charge is 0.244 e. The van der Waals surface area contributed by atoms with Crippen LogP contribution in [0, 0.1) is 0 Å². The van der Waals surface area contributed by atoms with Crippen LogP contribution in [0.1, 0.15) is 58.4 Å². The van der Waals surface area contributed by atoms with E-state index in [1.807, 2.05) is 30.3 Å². The lowest BCUT2D eigenvalue weighted by Crippen LogP contribution is -2.64. The van der Waals surface area contributed by atoms with Gasteiger partial charge in [-0.05, 0) is 39.2 Å². The summed E-state index contributed by atoms with van der Waals surface area (Å²) in [7, 11) is 0. The van der Waals surface area contributed by atoms with E-state index in [9.17, 15) is 4.79 Å². The van der Waals surface area contributed by atoms with Crippen molar-refractivity contribution in [1.82, 2.24) is 10.2 Å². The molecule has 7 heteroatoms. The summed E-state index contributed by atoms with van der Waals surface area (Å²) >= 11 is 0. The summed E-state index contributed by atoms with van der Waals surface area (Å²) in [4.78, 5) is 15.5. The molecule has 1 amide bonds. The summed E-state index contributed by atoms with van der Waals surface area (Å²) in [5.41, 5.74) is 6.11. The minimum atomic E-state index is -1.03. The van der Waals surface area contributed by atoms with Gasteiger partial charge in [-0.1, -0.05) is 49.6 Å². The molecular formula is C22H37Cl2N3O2. The third kappa shape index (κ3) is 6.08. The van der Waals surface area contributed by atoms with Gasteiger partial charge in [0.2, 0.25) is 5.91 Å². The van der Waals surface area contributed by atoms with Crippen LogP contribution in [0.25, 0.3) is 0 Å². The van der Waals surface area contributed by atoms with Gasteiger partial charge in [0.25, 0.3) is 0 Å². The topological polar surface area (TPSA) is 67.6 Å². The number of nitrogens with zero attached hydrogens (tertiary/aromatic N) is 1. The second kappa shape index (κ2) is 10.5. The van der Waals surface area contributed by atoms with E-state index in [2.05, 4.69) is 24.1 Å². The number of nitrogens with two attached hydrogens (primary N) is 1. The van der Waals surface area contributed by atoms with Gasteiger partial charge in [0.15, 0.2) is 0 Å². The summed E-state index contributed by atoms with van der Waals surface area (Å²) in [6.45, 7) is 9.34. The average Bonchev–Trinajstić information content (AvgIpc) is 2.66. The summed E-state index contributed by atoms with van der Waals surface area (Å²) in [5.74, 6) is -0.105. The third-order valence-corrected chi connectivity index (χ3v) is 6.30. The van der Waals surface area contributed by atoms with Crippen LogP contribution in [-0.2, 0) is 15.1 Å². The molecule has 29 heavy (non-hydrogen) atoms. The zero-order valence-corrected chi connectivity index (χ0v) is 19.5. The van der Waals surface area contributed by atoms with Gasteiger partial charge in [0.1, 0.15) is 5.54 Å². The zero-order valence-electron chi connectivity index (χ0n) is 17.9. The van der Waals surface area contributed by atoms with Gasteiger partial charge in [-0.2, -0.15) is 0 Å². The molecular weight excluding hydrogens is 409 g/mol. The van der Waals surface area contributed by atoms with E-state index in [1.54, 1.807) is 6.92 Å². The Morgan fingerprint density at radius 2 is 1.79 bits per heavy atom. The molecule has 0 aromatic heterocycles. The molecule has 1 aliphatic carbocycles. The fraction of sp³-hybridized carbons (Fsp3) is 0.682. The van der Waals surface area contributed by atoms with Crippen molar-refractivity contribution in [2.75, 3.05) is 26.2 Å². The van der Waals surface area contributed by atoms with Gasteiger partial charge in [-0.25, -0.2) is 0 Å². The monoisotopic (exact) mass is 445 g/mol. The number of benzene rings is 1. The Labute approximate surface area is 187 Å². The lowest BCUT2D eigenvalue weighted by molar-refractivity contribution is -0.132. The zero-order chi connectivity index (χ0) is 19.5. The van der Waals surface area contributed by atoms with E-state index in [4.69, 9.17) is 10.5 Å². The van der Waals surface area contributed by atoms with Gasteiger partial charge < -0.3 is 15.8 Å². The van der Waals surface area contributed by atoms with Crippen molar-refractivity contribution < 1.29 is 9.53 Å². The van der Waals surface area contributed by atoms with Crippen molar-refractivity contribution in [2.45, 2.75) is 69.6 Å². The van der Waals surface area contributed by atoms with E-state index < -0.39 is 5.54 Å². The number of amides is 1. The molecule has 1 heterocycles. The Balaban J connectivity index is 0.00000210. The highest BCUT2D eigenvalue weighted by molar-refractivity contribution is 5.87. The van der Waals surface area contributed by atoms with Crippen molar-refractivity contribution in [3.8, 4) is 0 Å². The van der Waals surface area contributed by atoms with E-state index in [0.29, 0.717) is 6.54 Å². The summed E-state index contributed by atoms with van der Waals surface area (Å²) in [5, 5.41) is 3.21. The number of carbonyl (C=O) groups is 1. The largest absolute Gasteiger partial charge is 0.373 e. The first-order valence-electron chi connectivity index (χ1n) is 10.3. The molecule has 1 aliphatic heterocycles. The molecule has 0 spiro atoms.